The van der Waals surface area contributed by atoms with Gasteiger partial charge >= 0.3 is 5.97 Å². The lowest BCUT2D eigenvalue weighted by atomic mass is 10.1. The molecule has 0 bridgehead atoms. The molecule has 2 N–H and O–H groups in total. The molecule has 0 spiro atoms. The Morgan fingerprint density at radius 2 is 2.00 bits per heavy atom. The van der Waals surface area contributed by atoms with Gasteiger partial charge in [-0.1, -0.05) is 12.1 Å². The number of benzene rings is 2. The Hall–Kier alpha value is -2.43. The van der Waals surface area contributed by atoms with Crippen LogP contribution >= 0.6 is 0 Å². The molecule has 0 saturated heterocycles. The monoisotopic (exact) mass is 277 g/mol. The van der Waals surface area contributed by atoms with Crippen molar-refractivity contribution in [2.75, 3.05) is 5.73 Å². The Morgan fingerprint density at radius 3 is 2.70 bits per heavy atom. The van der Waals surface area contributed by atoms with Crippen molar-refractivity contribution in [3.05, 3.63) is 64.7 Å². The van der Waals surface area contributed by atoms with E-state index in [9.17, 15) is 13.6 Å². The van der Waals surface area contributed by atoms with Crippen LogP contribution in [0, 0.1) is 18.6 Å². The molecule has 104 valence electrons. The molecular weight excluding hydrogens is 264 g/mol. The van der Waals surface area contributed by atoms with Gasteiger partial charge < -0.3 is 10.5 Å². The summed E-state index contributed by atoms with van der Waals surface area (Å²) < 4.78 is 31.4. The Kier molecular flexibility index (Phi) is 3.98. The van der Waals surface area contributed by atoms with E-state index in [2.05, 4.69) is 0 Å². The summed E-state index contributed by atoms with van der Waals surface area (Å²) in [5.74, 6) is -1.88. The first-order chi connectivity index (χ1) is 9.49. The number of halogens is 2. The number of anilines is 1. The second-order valence-corrected chi connectivity index (χ2v) is 4.35. The topological polar surface area (TPSA) is 52.3 Å². The highest BCUT2D eigenvalue weighted by Crippen LogP contribution is 2.19. The van der Waals surface area contributed by atoms with E-state index in [0.717, 1.165) is 18.2 Å². The van der Waals surface area contributed by atoms with E-state index in [1.807, 2.05) is 0 Å². The maximum absolute atomic E-state index is 13.4. The summed E-state index contributed by atoms with van der Waals surface area (Å²) in [6.45, 7) is 1.37. The number of ether oxygens (including phenoxy) is 1. The molecule has 0 fully saturated rings. The fourth-order valence-corrected chi connectivity index (χ4v) is 1.84. The largest absolute Gasteiger partial charge is 0.457 e. The molecule has 0 aliphatic carbocycles. The third-order valence-corrected chi connectivity index (χ3v) is 2.88. The number of nitrogen functional groups attached to an aromatic ring is 1. The highest BCUT2D eigenvalue weighted by molar-refractivity contribution is 5.96. The van der Waals surface area contributed by atoms with E-state index < -0.39 is 17.6 Å². The Morgan fingerprint density at radius 1 is 1.25 bits per heavy atom. The lowest BCUT2D eigenvalue weighted by Crippen LogP contribution is -2.10. The first kappa shape index (κ1) is 14.0. The van der Waals surface area contributed by atoms with E-state index in [1.54, 1.807) is 25.1 Å². The smallest absolute Gasteiger partial charge is 0.340 e. The van der Waals surface area contributed by atoms with E-state index in [4.69, 9.17) is 10.5 Å². The summed E-state index contributed by atoms with van der Waals surface area (Å²) in [6, 6.07) is 7.99. The van der Waals surface area contributed by atoms with Gasteiger partial charge in [0.2, 0.25) is 0 Å². The van der Waals surface area contributed by atoms with Gasteiger partial charge in [-0.15, -0.1) is 0 Å². The van der Waals surface area contributed by atoms with Gasteiger partial charge in [-0.05, 0) is 36.8 Å². The number of hydrogen-bond acceptors (Lipinski definition) is 3. The minimum atomic E-state index is -0.663. The second kappa shape index (κ2) is 5.69. The molecule has 0 heterocycles. The third kappa shape index (κ3) is 2.93. The minimum absolute atomic E-state index is 0.0227. The standard InChI is InChI=1S/C15H13F2NO2/c1-9-3-2-4-13(18)14(9)15(19)20-8-10-7-11(16)5-6-12(10)17/h2-7H,8,18H2,1H3. The van der Waals surface area contributed by atoms with Gasteiger partial charge in [-0.25, -0.2) is 13.6 Å². The molecule has 2 aromatic carbocycles. The molecule has 0 saturated carbocycles. The van der Waals surface area contributed by atoms with E-state index >= 15 is 0 Å². The Balaban J connectivity index is 2.15. The number of hydrogen-bond donors (Lipinski definition) is 1. The quantitative estimate of drug-likeness (QED) is 0.692. The fraction of sp³-hybridized carbons (Fsp3) is 0.133. The Bertz CT molecular complexity index is 636. The van der Waals surface area contributed by atoms with Crippen molar-refractivity contribution in [3.63, 3.8) is 0 Å². The van der Waals surface area contributed by atoms with E-state index in [0.29, 0.717) is 5.56 Å². The normalized spacial score (nSPS) is 10.3. The second-order valence-electron chi connectivity index (χ2n) is 4.35. The number of carbonyl (C=O) groups excluding carboxylic acids is 1. The minimum Gasteiger partial charge on any atom is -0.457 e. The number of rotatable bonds is 3. The molecule has 2 aromatic rings. The van der Waals surface area contributed by atoms with Crippen molar-refractivity contribution in [3.8, 4) is 0 Å². The molecule has 0 aliphatic heterocycles. The van der Waals surface area contributed by atoms with E-state index in [1.165, 1.54) is 0 Å². The number of nitrogens with two attached hydrogens (primary N) is 1. The predicted molar refractivity (Wildman–Crippen MR) is 71.1 cm³/mol. The van der Waals surface area contributed by atoms with Crippen molar-refractivity contribution in [1.82, 2.24) is 0 Å². The van der Waals surface area contributed by atoms with Crippen LogP contribution in [0.25, 0.3) is 0 Å². The third-order valence-electron chi connectivity index (χ3n) is 2.88. The molecule has 0 atom stereocenters. The van der Waals surface area contributed by atoms with Gasteiger partial charge in [0.05, 0.1) is 5.56 Å². The molecule has 0 radical (unpaired) electrons. The van der Waals surface area contributed by atoms with Crippen LogP contribution in [-0.2, 0) is 11.3 Å². The van der Waals surface area contributed by atoms with Gasteiger partial charge in [0.1, 0.15) is 18.2 Å². The molecular formula is C15H13F2NO2. The molecule has 0 aromatic heterocycles. The maximum atomic E-state index is 13.4. The number of aryl methyl sites for hydroxylation is 1. The molecule has 20 heavy (non-hydrogen) atoms. The highest BCUT2D eigenvalue weighted by Gasteiger charge is 2.15. The number of carbonyl (C=O) groups is 1. The zero-order valence-corrected chi connectivity index (χ0v) is 10.8. The van der Waals surface area contributed by atoms with Crippen molar-refractivity contribution in [2.45, 2.75) is 13.5 Å². The molecule has 5 heteroatoms. The van der Waals surface area contributed by atoms with Crippen molar-refractivity contribution >= 4 is 11.7 Å². The van der Waals surface area contributed by atoms with Crippen LogP contribution < -0.4 is 5.73 Å². The average molecular weight is 277 g/mol. The molecule has 0 amide bonds. The molecule has 2 rings (SSSR count). The van der Waals surface area contributed by atoms with Crippen LogP contribution in [0.1, 0.15) is 21.5 Å². The van der Waals surface area contributed by atoms with Gasteiger partial charge in [0.25, 0.3) is 0 Å². The lowest BCUT2D eigenvalue weighted by molar-refractivity contribution is 0.0469. The Labute approximate surface area is 115 Å². The summed E-state index contributed by atoms with van der Waals surface area (Å²) in [6.07, 6.45) is 0. The average Bonchev–Trinajstić information content (AvgIpc) is 2.39. The van der Waals surface area contributed by atoms with Crippen molar-refractivity contribution < 1.29 is 18.3 Å². The first-order valence-electron chi connectivity index (χ1n) is 5.95. The first-order valence-corrected chi connectivity index (χ1v) is 5.95. The van der Waals surface area contributed by atoms with Crippen LogP contribution in [0.15, 0.2) is 36.4 Å². The SMILES string of the molecule is Cc1cccc(N)c1C(=O)OCc1cc(F)ccc1F. The van der Waals surface area contributed by atoms with Crippen LogP contribution in [0.3, 0.4) is 0 Å². The van der Waals surface area contributed by atoms with Crippen LogP contribution in [0.2, 0.25) is 0 Å². The molecule has 0 unspecified atom stereocenters. The van der Waals surface area contributed by atoms with Crippen molar-refractivity contribution in [1.29, 1.82) is 0 Å². The summed E-state index contributed by atoms with van der Waals surface area (Å²) in [5, 5.41) is 0. The zero-order valence-electron chi connectivity index (χ0n) is 10.8. The van der Waals surface area contributed by atoms with Gasteiger partial charge in [0, 0.05) is 11.3 Å². The summed E-state index contributed by atoms with van der Waals surface area (Å²) in [7, 11) is 0. The van der Waals surface area contributed by atoms with Gasteiger partial charge in [-0.2, -0.15) is 0 Å². The van der Waals surface area contributed by atoms with Crippen LogP contribution in [0.5, 0.6) is 0 Å². The van der Waals surface area contributed by atoms with E-state index in [-0.39, 0.29) is 23.4 Å². The summed E-state index contributed by atoms with van der Waals surface area (Å²) >= 11 is 0. The van der Waals surface area contributed by atoms with Crippen LogP contribution in [-0.4, -0.2) is 5.97 Å². The molecule has 3 nitrogen and oxygen atoms in total. The summed E-state index contributed by atoms with van der Waals surface area (Å²) in [4.78, 5) is 11.9. The van der Waals surface area contributed by atoms with Gasteiger partial charge in [-0.3, -0.25) is 0 Å². The van der Waals surface area contributed by atoms with Crippen molar-refractivity contribution in [2.24, 2.45) is 0 Å². The fourth-order valence-electron chi connectivity index (χ4n) is 1.84. The van der Waals surface area contributed by atoms with Gasteiger partial charge in [0.15, 0.2) is 0 Å². The highest BCUT2D eigenvalue weighted by atomic mass is 19.1. The maximum Gasteiger partial charge on any atom is 0.340 e. The predicted octanol–water partition coefficient (Wildman–Crippen LogP) is 3.21. The molecule has 0 aliphatic rings. The zero-order chi connectivity index (χ0) is 14.7. The van der Waals surface area contributed by atoms with Crippen LogP contribution in [0.4, 0.5) is 14.5 Å². The lowest BCUT2D eigenvalue weighted by Gasteiger charge is -2.10. The summed E-state index contributed by atoms with van der Waals surface area (Å²) in [5.41, 5.74) is 6.88. The number of esters is 1.